The first-order valence-electron chi connectivity index (χ1n) is 18.1. The fourth-order valence-corrected chi connectivity index (χ4v) is 7.19. The number of hydrogen-bond acceptors (Lipinski definition) is 11. The first-order chi connectivity index (χ1) is 25.5. The summed E-state index contributed by atoms with van der Waals surface area (Å²) >= 11 is 8.29. The molecule has 0 saturated heterocycles. The summed E-state index contributed by atoms with van der Waals surface area (Å²) in [6.45, 7) is 1.64. The molecule has 288 valence electrons. The van der Waals surface area contributed by atoms with Crippen LogP contribution in [0.4, 0.5) is 0 Å². The number of unbranched alkanes of at least 4 members (excludes halogenated alkanes) is 1. The highest BCUT2D eigenvalue weighted by Crippen LogP contribution is 2.53. The quantitative estimate of drug-likeness (QED) is 0.0646. The van der Waals surface area contributed by atoms with Gasteiger partial charge in [-0.2, -0.15) is 0 Å². The zero-order valence-electron chi connectivity index (χ0n) is 29.9. The van der Waals surface area contributed by atoms with Gasteiger partial charge in [0.1, 0.15) is 24.1 Å². The summed E-state index contributed by atoms with van der Waals surface area (Å²) in [6.07, 6.45) is 1.95. The van der Waals surface area contributed by atoms with Crippen molar-refractivity contribution < 1.29 is 44.6 Å². The first-order valence-corrected chi connectivity index (χ1v) is 19.5. The standard InChI is InChI=1S/C39H50ClN3O9S/c1-25(45)42-16-6-19-43(38(50)37(49)36(48)35(47)33(46)23-44)18-4-5-20-53-28-11-12-32(40)26(21-28)24-51-39(14-15-39)31-22-41-17-13-29(31)30-7-2-3-8-34(30)52-27-9-10-27/h2-3,7-8,11-13,17,21-22,27,33,35-37,44,46-49H,4-6,9-10,14-16,18-20,23-24H2,1H3,(H,42,45)/t33-,35+,36-,37-/m0/s1. The fraction of sp³-hybridized carbons (Fsp3) is 0.513. The molecule has 2 aliphatic carbocycles. The predicted molar refractivity (Wildman–Crippen MR) is 201 cm³/mol. The van der Waals surface area contributed by atoms with Gasteiger partial charge in [-0.25, -0.2) is 0 Å². The van der Waals surface area contributed by atoms with Gasteiger partial charge in [-0.15, -0.1) is 11.8 Å². The maximum Gasteiger partial charge on any atom is 0.254 e. The van der Waals surface area contributed by atoms with E-state index in [4.69, 9.17) is 26.2 Å². The minimum atomic E-state index is -2.01. The number of aliphatic hydroxyl groups excluding tert-OH is 5. The van der Waals surface area contributed by atoms with E-state index in [1.807, 2.05) is 48.7 Å². The van der Waals surface area contributed by atoms with Gasteiger partial charge in [-0.3, -0.25) is 14.6 Å². The zero-order valence-corrected chi connectivity index (χ0v) is 31.5. The summed E-state index contributed by atoms with van der Waals surface area (Å²) in [4.78, 5) is 31.2. The zero-order chi connectivity index (χ0) is 38.0. The van der Waals surface area contributed by atoms with Gasteiger partial charge in [0.15, 0.2) is 6.10 Å². The van der Waals surface area contributed by atoms with E-state index in [0.717, 1.165) is 70.8 Å². The first kappa shape index (κ1) is 40.9. The molecular weight excluding hydrogens is 722 g/mol. The minimum Gasteiger partial charge on any atom is -0.490 e. The highest BCUT2D eigenvalue weighted by atomic mass is 35.5. The van der Waals surface area contributed by atoms with Crippen LogP contribution < -0.4 is 10.1 Å². The third kappa shape index (κ3) is 11.4. The number of carbonyl (C=O) groups is 2. The normalized spacial score (nSPS) is 17.0. The Kier molecular flexibility index (Phi) is 14.9. The molecule has 0 spiro atoms. The van der Waals surface area contributed by atoms with E-state index in [1.54, 1.807) is 18.0 Å². The van der Waals surface area contributed by atoms with E-state index in [1.165, 1.54) is 11.8 Å². The van der Waals surface area contributed by atoms with E-state index in [2.05, 4.69) is 16.4 Å². The summed E-state index contributed by atoms with van der Waals surface area (Å²) in [5.41, 5.74) is 3.54. The summed E-state index contributed by atoms with van der Waals surface area (Å²) < 4.78 is 12.9. The fourth-order valence-electron chi connectivity index (χ4n) is 6.04. The molecule has 2 saturated carbocycles. The van der Waals surface area contributed by atoms with Crippen molar-refractivity contribution in [1.82, 2.24) is 15.2 Å². The number of benzene rings is 2. The second-order valence-electron chi connectivity index (χ2n) is 13.7. The number of amides is 2. The van der Waals surface area contributed by atoms with Crippen molar-refractivity contribution in [2.24, 2.45) is 0 Å². The number of aromatic nitrogens is 1. The molecule has 1 aromatic heterocycles. The van der Waals surface area contributed by atoms with Gasteiger partial charge in [0, 0.05) is 60.0 Å². The molecule has 2 aliphatic rings. The molecule has 0 aliphatic heterocycles. The number of carbonyl (C=O) groups excluding carboxylic acids is 2. The summed E-state index contributed by atoms with van der Waals surface area (Å²) in [6, 6.07) is 16.0. The van der Waals surface area contributed by atoms with Crippen LogP contribution in [0.1, 0.15) is 63.0 Å². The maximum absolute atomic E-state index is 13.1. The second-order valence-corrected chi connectivity index (χ2v) is 15.2. The third-order valence-electron chi connectivity index (χ3n) is 9.42. The number of para-hydroxylation sites is 1. The molecule has 2 aromatic carbocycles. The molecule has 0 unspecified atom stereocenters. The van der Waals surface area contributed by atoms with Crippen molar-refractivity contribution in [1.29, 1.82) is 0 Å². The molecule has 6 N–H and O–H groups in total. The SMILES string of the molecule is CC(=O)NCCCN(CCCCSc1ccc(Cl)c(COC2(c3cnccc3-c3ccccc3OC3CC3)CC2)c1)C(=O)[C@@H](O)[C@@H](O)[C@H](O)[C@@H](O)CO. The van der Waals surface area contributed by atoms with Crippen LogP contribution in [0.2, 0.25) is 5.02 Å². The van der Waals surface area contributed by atoms with E-state index in [0.29, 0.717) is 31.0 Å². The Morgan fingerprint density at radius 1 is 1.02 bits per heavy atom. The van der Waals surface area contributed by atoms with Gasteiger partial charge in [0.25, 0.3) is 5.91 Å². The Bertz CT molecular complexity index is 1670. The molecular formula is C39H50ClN3O9S. The van der Waals surface area contributed by atoms with E-state index < -0.39 is 42.5 Å². The molecule has 0 radical (unpaired) electrons. The topological polar surface area (TPSA) is 182 Å². The van der Waals surface area contributed by atoms with Crippen molar-refractivity contribution in [3.05, 3.63) is 77.1 Å². The van der Waals surface area contributed by atoms with Crippen LogP contribution in [0.5, 0.6) is 5.75 Å². The average molecular weight is 772 g/mol. The van der Waals surface area contributed by atoms with Crippen LogP contribution >= 0.6 is 23.4 Å². The largest absolute Gasteiger partial charge is 0.490 e. The van der Waals surface area contributed by atoms with Crippen LogP contribution in [-0.4, -0.2) is 110 Å². The van der Waals surface area contributed by atoms with Crippen molar-refractivity contribution in [2.75, 3.05) is 32.0 Å². The second kappa shape index (κ2) is 19.4. The summed E-state index contributed by atoms with van der Waals surface area (Å²) in [5, 5.41) is 52.8. The number of pyridine rings is 1. The minimum absolute atomic E-state index is 0.192. The number of rotatable bonds is 22. The van der Waals surface area contributed by atoms with E-state index in [-0.39, 0.29) is 25.1 Å². The molecule has 2 fully saturated rings. The van der Waals surface area contributed by atoms with Gasteiger partial charge in [-0.05, 0) is 92.2 Å². The van der Waals surface area contributed by atoms with Crippen LogP contribution in [0.3, 0.4) is 0 Å². The highest BCUT2D eigenvalue weighted by Gasteiger charge is 2.48. The molecule has 2 amide bonds. The number of aliphatic hydroxyl groups is 5. The van der Waals surface area contributed by atoms with Crippen molar-refractivity contribution in [3.8, 4) is 16.9 Å². The van der Waals surface area contributed by atoms with Crippen molar-refractivity contribution in [2.45, 2.75) is 99.5 Å². The molecule has 3 aromatic rings. The molecule has 1 heterocycles. The number of nitrogens with zero attached hydrogens (tertiary/aromatic N) is 2. The molecule has 53 heavy (non-hydrogen) atoms. The Morgan fingerprint density at radius 2 is 1.77 bits per heavy atom. The lowest BCUT2D eigenvalue weighted by molar-refractivity contribution is -0.158. The van der Waals surface area contributed by atoms with Gasteiger partial charge >= 0.3 is 0 Å². The molecule has 5 rings (SSSR count). The lowest BCUT2D eigenvalue weighted by Gasteiger charge is -2.30. The number of hydrogen-bond donors (Lipinski definition) is 6. The van der Waals surface area contributed by atoms with Gasteiger partial charge in [-0.1, -0.05) is 29.8 Å². The van der Waals surface area contributed by atoms with Crippen LogP contribution in [0.15, 0.2) is 65.8 Å². The Labute approximate surface area is 319 Å². The van der Waals surface area contributed by atoms with Gasteiger partial charge in [0.2, 0.25) is 5.91 Å². The summed E-state index contributed by atoms with van der Waals surface area (Å²) in [7, 11) is 0. The van der Waals surface area contributed by atoms with Crippen molar-refractivity contribution >= 4 is 35.2 Å². The lowest BCUT2D eigenvalue weighted by Crippen LogP contribution is -2.53. The van der Waals surface area contributed by atoms with Crippen LogP contribution in [-0.2, 0) is 26.5 Å². The monoisotopic (exact) mass is 771 g/mol. The molecule has 4 atom stereocenters. The number of nitrogens with one attached hydrogen (secondary N) is 1. The van der Waals surface area contributed by atoms with E-state index >= 15 is 0 Å². The highest BCUT2D eigenvalue weighted by molar-refractivity contribution is 7.99. The Morgan fingerprint density at radius 3 is 2.49 bits per heavy atom. The lowest BCUT2D eigenvalue weighted by atomic mass is 9.96. The Balaban J connectivity index is 1.15. The summed E-state index contributed by atoms with van der Waals surface area (Å²) in [5.74, 6) is 0.577. The predicted octanol–water partition coefficient (Wildman–Crippen LogP) is 3.81. The third-order valence-corrected chi connectivity index (χ3v) is 10.9. The molecule has 14 heteroatoms. The van der Waals surface area contributed by atoms with E-state index in [9.17, 15) is 30.0 Å². The Hall–Kier alpha value is -3.27. The number of thioether (sulfide) groups is 1. The van der Waals surface area contributed by atoms with Gasteiger partial charge in [0.05, 0.1) is 24.9 Å². The maximum atomic E-state index is 13.1. The number of halogens is 1. The van der Waals surface area contributed by atoms with Crippen molar-refractivity contribution in [3.63, 3.8) is 0 Å². The van der Waals surface area contributed by atoms with Crippen LogP contribution in [0.25, 0.3) is 11.1 Å². The van der Waals surface area contributed by atoms with Crippen LogP contribution in [0, 0.1) is 0 Å². The van der Waals surface area contributed by atoms with Gasteiger partial charge < -0.3 is 45.2 Å². The molecule has 12 nitrogen and oxygen atoms in total. The average Bonchev–Trinajstić information content (AvgIpc) is 4.12. The number of ether oxygens (including phenoxy) is 2. The molecule has 0 bridgehead atoms. The smallest absolute Gasteiger partial charge is 0.254 e.